The number of hydrogen-bond donors (Lipinski definition) is 0. The van der Waals surface area contributed by atoms with Gasteiger partial charge in [-0.2, -0.15) is 0 Å². The first-order valence-corrected chi connectivity index (χ1v) is 8.72. The zero-order valence-corrected chi connectivity index (χ0v) is 14.1. The summed E-state index contributed by atoms with van der Waals surface area (Å²) in [5, 5.41) is 0. The minimum atomic E-state index is 0.0877. The van der Waals surface area contributed by atoms with Crippen molar-refractivity contribution in [3.63, 3.8) is 0 Å². The number of hydrogen-bond acceptors (Lipinski definition) is 3. The molecule has 2 heterocycles. The molecular formula is C19H25N3O2. The third kappa shape index (κ3) is 4.45. The van der Waals surface area contributed by atoms with E-state index in [1.54, 1.807) is 4.90 Å². The summed E-state index contributed by atoms with van der Waals surface area (Å²) in [5.74, 6) is 0.206. The molecular weight excluding hydrogens is 302 g/mol. The molecule has 0 saturated carbocycles. The maximum absolute atomic E-state index is 12.3. The van der Waals surface area contributed by atoms with Crippen LogP contribution in [0.15, 0.2) is 36.4 Å². The van der Waals surface area contributed by atoms with Crippen molar-refractivity contribution in [2.45, 2.75) is 12.8 Å². The van der Waals surface area contributed by atoms with Crippen molar-refractivity contribution in [1.29, 1.82) is 0 Å². The topological polar surface area (TPSA) is 43.9 Å². The smallest absolute Gasteiger partial charge is 0.242 e. The van der Waals surface area contributed by atoms with E-state index in [-0.39, 0.29) is 18.4 Å². The zero-order chi connectivity index (χ0) is 16.8. The number of rotatable bonds is 5. The maximum Gasteiger partial charge on any atom is 0.242 e. The highest BCUT2D eigenvalue weighted by molar-refractivity contribution is 5.85. The number of piperazine rings is 1. The molecule has 24 heavy (non-hydrogen) atoms. The lowest BCUT2D eigenvalue weighted by Gasteiger charge is -2.35. The molecule has 5 nitrogen and oxygen atoms in total. The van der Waals surface area contributed by atoms with Crippen molar-refractivity contribution in [3.8, 4) is 0 Å². The molecule has 1 aromatic rings. The van der Waals surface area contributed by atoms with Gasteiger partial charge in [-0.15, -0.1) is 0 Å². The van der Waals surface area contributed by atoms with Crippen LogP contribution in [0.5, 0.6) is 0 Å². The number of benzene rings is 1. The molecule has 2 fully saturated rings. The molecule has 0 radical (unpaired) electrons. The largest absolute Gasteiger partial charge is 0.339 e. The molecule has 0 unspecified atom stereocenters. The van der Waals surface area contributed by atoms with E-state index in [9.17, 15) is 9.59 Å². The van der Waals surface area contributed by atoms with Crippen LogP contribution in [-0.2, 0) is 9.59 Å². The van der Waals surface area contributed by atoms with Crippen LogP contribution < -0.4 is 0 Å². The van der Waals surface area contributed by atoms with E-state index in [4.69, 9.17) is 0 Å². The average molecular weight is 327 g/mol. The van der Waals surface area contributed by atoms with Crippen molar-refractivity contribution in [2.24, 2.45) is 0 Å². The molecule has 128 valence electrons. The van der Waals surface area contributed by atoms with Gasteiger partial charge in [-0.1, -0.05) is 42.5 Å². The summed E-state index contributed by atoms with van der Waals surface area (Å²) < 4.78 is 0. The predicted octanol–water partition coefficient (Wildman–Crippen LogP) is 1.47. The Hall–Kier alpha value is -2.14. The van der Waals surface area contributed by atoms with Gasteiger partial charge >= 0.3 is 0 Å². The van der Waals surface area contributed by atoms with Crippen LogP contribution in [0.25, 0.3) is 6.08 Å². The first-order valence-electron chi connectivity index (χ1n) is 8.72. The normalized spacial score (nSPS) is 19.4. The molecule has 2 amide bonds. The SMILES string of the molecule is O=C(CN1CCCC1=O)N1CCN(C/C=C/c2ccccc2)CC1. The Balaban J connectivity index is 1.40. The van der Waals surface area contributed by atoms with Crippen LogP contribution in [-0.4, -0.2) is 72.3 Å². The summed E-state index contributed by atoms with van der Waals surface area (Å²) in [6.45, 7) is 5.17. The van der Waals surface area contributed by atoms with Crippen molar-refractivity contribution in [2.75, 3.05) is 45.8 Å². The van der Waals surface area contributed by atoms with Gasteiger partial charge in [0.2, 0.25) is 11.8 Å². The van der Waals surface area contributed by atoms with E-state index >= 15 is 0 Å². The van der Waals surface area contributed by atoms with Gasteiger partial charge in [0.05, 0.1) is 6.54 Å². The van der Waals surface area contributed by atoms with Crippen LogP contribution in [0.4, 0.5) is 0 Å². The van der Waals surface area contributed by atoms with Gasteiger partial charge in [0.25, 0.3) is 0 Å². The highest BCUT2D eigenvalue weighted by Gasteiger charge is 2.26. The number of nitrogens with zero attached hydrogens (tertiary/aromatic N) is 3. The van der Waals surface area contributed by atoms with Crippen LogP contribution in [0.3, 0.4) is 0 Å². The zero-order valence-electron chi connectivity index (χ0n) is 14.1. The van der Waals surface area contributed by atoms with Crippen molar-refractivity contribution < 1.29 is 9.59 Å². The lowest BCUT2D eigenvalue weighted by atomic mass is 10.2. The molecule has 2 aliphatic heterocycles. The Bertz CT molecular complexity index is 592. The fourth-order valence-corrected chi connectivity index (χ4v) is 3.22. The van der Waals surface area contributed by atoms with Gasteiger partial charge in [0.1, 0.15) is 0 Å². The Morgan fingerprint density at radius 1 is 1.04 bits per heavy atom. The van der Waals surface area contributed by atoms with Crippen LogP contribution in [0.1, 0.15) is 18.4 Å². The standard InChI is InChI=1S/C19H25N3O2/c23-18-9-5-11-22(18)16-19(24)21-14-12-20(13-15-21)10-4-8-17-6-2-1-3-7-17/h1-4,6-8H,5,9-16H2/b8-4+. The molecule has 2 saturated heterocycles. The molecule has 1 aromatic carbocycles. The lowest BCUT2D eigenvalue weighted by Crippen LogP contribution is -2.51. The molecule has 0 N–H and O–H groups in total. The summed E-state index contributed by atoms with van der Waals surface area (Å²) in [6.07, 6.45) is 5.79. The van der Waals surface area contributed by atoms with E-state index in [2.05, 4.69) is 29.2 Å². The summed E-state index contributed by atoms with van der Waals surface area (Å²) in [7, 11) is 0. The quantitative estimate of drug-likeness (QED) is 0.822. The monoisotopic (exact) mass is 327 g/mol. The summed E-state index contributed by atoms with van der Waals surface area (Å²) in [5.41, 5.74) is 1.21. The molecule has 3 rings (SSSR count). The van der Waals surface area contributed by atoms with E-state index < -0.39 is 0 Å². The highest BCUT2D eigenvalue weighted by atomic mass is 16.2. The minimum absolute atomic E-state index is 0.0877. The second-order valence-corrected chi connectivity index (χ2v) is 6.41. The molecule has 0 aliphatic carbocycles. The summed E-state index contributed by atoms with van der Waals surface area (Å²) >= 11 is 0. The second-order valence-electron chi connectivity index (χ2n) is 6.41. The van der Waals surface area contributed by atoms with Crippen molar-refractivity contribution in [3.05, 3.63) is 42.0 Å². The highest BCUT2D eigenvalue weighted by Crippen LogP contribution is 2.11. The Kier molecular flexibility index (Phi) is 5.64. The van der Waals surface area contributed by atoms with Crippen LogP contribution in [0.2, 0.25) is 0 Å². The molecule has 5 heteroatoms. The lowest BCUT2D eigenvalue weighted by molar-refractivity contribution is -0.139. The van der Waals surface area contributed by atoms with Crippen molar-refractivity contribution in [1.82, 2.24) is 14.7 Å². The fourth-order valence-electron chi connectivity index (χ4n) is 3.22. The van der Waals surface area contributed by atoms with E-state index in [0.717, 1.165) is 45.7 Å². The second kappa shape index (κ2) is 8.11. The van der Waals surface area contributed by atoms with Gasteiger partial charge in [0.15, 0.2) is 0 Å². The minimum Gasteiger partial charge on any atom is -0.339 e. The fraction of sp³-hybridized carbons (Fsp3) is 0.474. The van der Waals surface area contributed by atoms with Gasteiger partial charge in [0, 0.05) is 45.7 Å². The number of likely N-dealkylation sites (tertiary alicyclic amines) is 1. The van der Waals surface area contributed by atoms with Gasteiger partial charge in [-0.3, -0.25) is 14.5 Å². The van der Waals surface area contributed by atoms with Gasteiger partial charge in [-0.05, 0) is 12.0 Å². The van der Waals surface area contributed by atoms with Gasteiger partial charge in [-0.25, -0.2) is 0 Å². The third-order valence-electron chi connectivity index (χ3n) is 4.70. The summed E-state index contributed by atoms with van der Waals surface area (Å²) in [6, 6.07) is 10.3. The van der Waals surface area contributed by atoms with Crippen molar-refractivity contribution >= 4 is 17.9 Å². The molecule has 0 spiro atoms. The molecule has 2 aliphatic rings. The first-order chi connectivity index (χ1) is 11.7. The molecule has 0 bridgehead atoms. The van der Waals surface area contributed by atoms with Crippen LogP contribution >= 0.6 is 0 Å². The third-order valence-corrected chi connectivity index (χ3v) is 4.70. The Labute approximate surface area is 143 Å². The summed E-state index contributed by atoms with van der Waals surface area (Å²) in [4.78, 5) is 29.9. The Morgan fingerprint density at radius 3 is 2.46 bits per heavy atom. The predicted molar refractivity (Wildman–Crippen MR) is 94.3 cm³/mol. The number of carbonyl (C=O) groups excluding carboxylic acids is 2. The Morgan fingerprint density at radius 2 is 1.79 bits per heavy atom. The number of carbonyl (C=O) groups is 2. The first kappa shape index (κ1) is 16.7. The van der Waals surface area contributed by atoms with Gasteiger partial charge < -0.3 is 9.80 Å². The van der Waals surface area contributed by atoms with E-state index in [1.807, 2.05) is 23.1 Å². The molecule has 0 aromatic heterocycles. The van der Waals surface area contributed by atoms with E-state index in [0.29, 0.717) is 6.42 Å². The van der Waals surface area contributed by atoms with Crippen LogP contribution in [0, 0.1) is 0 Å². The average Bonchev–Trinajstić information content (AvgIpc) is 3.01. The maximum atomic E-state index is 12.3. The molecule has 0 atom stereocenters. The number of amides is 2. The van der Waals surface area contributed by atoms with E-state index in [1.165, 1.54) is 5.56 Å².